The molecule has 2 saturated heterocycles. The van der Waals surface area contributed by atoms with E-state index in [4.69, 9.17) is 35.5 Å². The number of carbonyl (C=O) groups excluding carboxylic acids is 3. The fourth-order valence-corrected chi connectivity index (χ4v) is 19.1. The number of anilines is 4. The first-order valence-corrected chi connectivity index (χ1v) is 44.9. The van der Waals surface area contributed by atoms with Crippen LogP contribution in [0, 0.1) is 0 Å². The third-order valence-corrected chi connectivity index (χ3v) is 26.0. The van der Waals surface area contributed by atoms with Gasteiger partial charge in [-0.2, -0.15) is 45.0 Å². The highest BCUT2D eigenvalue weighted by atomic mass is 33.1. The zero-order chi connectivity index (χ0) is 81.6. The van der Waals surface area contributed by atoms with Crippen LogP contribution in [0.2, 0.25) is 0 Å². The molecule has 4 aliphatic rings. The van der Waals surface area contributed by atoms with Crippen LogP contribution in [0.5, 0.6) is 0 Å². The van der Waals surface area contributed by atoms with Gasteiger partial charge in [0.15, 0.2) is 29.0 Å². The number of aliphatic hydroxyl groups excluding tert-OH is 2. The average Bonchev–Trinajstić information content (AvgIpc) is 1.59. The highest BCUT2D eigenvalue weighted by molar-refractivity contribution is 8.76. The number of unbranched alkanes of at least 4 members (excludes halogenated alkanes) is 2. The molecule has 7 heterocycles. The topological polar surface area (TPSA) is 628 Å². The number of fused-ring (bicyclic) bond motifs is 3. The number of ether oxygens (including phenoxy) is 3. The van der Waals surface area contributed by atoms with Crippen LogP contribution >= 0.6 is 52.9 Å². The molecule has 2 fully saturated rings. The first kappa shape index (κ1) is 87.9. The number of nitrogens with two attached hydrogens (primary N) is 2. The Labute approximate surface area is 641 Å². The van der Waals surface area contributed by atoms with Gasteiger partial charge in [-0.05, 0) is 82.0 Å². The summed E-state index contributed by atoms with van der Waals surface area (Å²) < 4.78 is 152. The van der Waals surface area contributed by atoms with E-state index < -0.39 is 136 Å². The maximum atomic E-state index is 14.0. The Morgan fingerprint density at radius 2 is 1.49 bits per heavy atom. The molecule has 42 nitrogen and oxygen atoms in total. The zero-order valence-electron chi connectivity index (χ0n) is 59.5. The Balaban J connectivity index is 0.811. The van der Waals surface area contributed by atoms with Crippen molar-refractivity contribution in [2.45, 2.75) is 143 Å². The molecule has 2 aromatic carbocycles. The summed E-state index contributed by atoms with van der Waals surface area (Å²) in [5.41, 5.74) is 14.3. The van der Waals surface area contributed by atoms with Crippen molar-refractivity contribution < 1.29 is 135 Å². The largest absolute Gasteiger partial charge is 0.490 e. The number of rotatable bonds is 36. The number of allylic oxidation sites excluding steroid dienone is 6. The van der Waals surface area contributed by atoms with Crippen LogP contribution in [0.4, 0.5) is 33.8 Å². The maximum Gasteiger partial charge on any atom is 0.490 e. The molecular weight excluding hydrogens is 1630 g/mol. The van der Waals surface area contributed by atoms with Crippen molar-refractivity contribution in [2.75, 3.05) is 66.0 Å². The molecule has 50 heteroatoms. The van der Waals surface area contributed by atoms with E-state index in [1.807, 2.05) is 69.6 Å². The van der Waals surface area contributed by atoms with Crippen LogP contribution in [0.1, 0.15) is 109 Å². The van der Waals surface area contributed by atoms with Crippen molar-refractivity contribution >= 4 is 143 Å². The van der Waals surface area contributed by atoms with Crippen LogP contribution in [0.15, 0.2) is 106 Å². The monoisotopic (exact) mass is 1710 g/mol. The Hall–Kier alpha value is -7.01. The molecule has 3 aromatic heterocycles. The number of aliphatic hydroxyl groups is 2. The number of nitrogens with zero attached hydrogens (tertiary/aromatic N) is 8. The van der Waals surface area contributed by atoms with Crippen LogP contribution in [0.25, 0.3) is 17.2 Å². The standard InChI is InChI=1S/C61H81N13O29P4S4/c1-6-71-41-21-19-36(110(91,92)93)27-38(41)60(2,3)46(71)16-9-7-10-17-47-61(4,5)39-28-37(111(94,95)96)20-22-42(39)72(47)24-12-8-11-18-48(77)66-40(55(78)64-23-13-15-35-31-73(58(79)67-52(35)62)49-30-44(76)56(100-49)101-104(81,82)83)33-109-108-26-14-25-97-59(80)69-53-51-54(70-57(63)68-53)74(34-65-51)50-29-43(75)45(99-50)32-98-106(87,88)103-107(89,90)102-105(84,85)86/h7,9-10,13,15-17,19-22,27-28,31,34,40,43-45,49-50,56,75-76H,6,8,11-12,14,18,23-26,29-30,32-33H2,1-5H3,(H14-,62,63,64,66,67,68,69,70,77,78,79,80,81,82,83,84,85,86,87,88,89,90,91,92,93,94,95,96)/p+1/b15-13-/t40?,43-,44?,45+,49?,50-,56?/m0/s1. The van der Waals surface area contributed by atoms with Gasteiger partial charge in [0.05, 0.1) is 40.9 Å². The molecule has 0 spiro atoms. The third kappa shape index (κ3) is 22.9. The van der Waals surface area contributed by atoms with Crippen molar-refractivity contribution in [3.63, 3.8) is 0 Å². The fraction of sp³-hybridized carbons (Fsp3) is 0.459. The molecule has 3 amide bonds. The molecule has 9 atom stereocenters. The van der Waals surface area contributed by atoms with Gasteiger partial charge in [0.25, 0.3) is 20.2 Å². The number of nitrogen functional groups attached to an aromatic ring is 2. The Morgan fingerprint density at radius 1 is 0.802 bits per heavy atom. The van der Waals surface area contributed by atoms with E-state index in [0.29, 0.717) is 49.4 Å². The summed E-state index contributed by atoms with van der Waals surface area (Å²) in [4.78, 5) is 127. The summed E-state index contributed by atoms with van der Waals surface area (Å²) in [7, 11) is -28.7. The second-order valence-corrected chi connectivity index (χ2v) is 37.2. The number of phosphoric acid groups is 4. The Kier molecular flexibility index (Phi) is 28.4. The third-order valence-electron chi connectivity index (χ3n) is 17.5. The van der Waals surface area contributed by atoms with Crippen LogP contribution in [-0.4, -0.2) is 198 Å². The molecule has 9 rings (SSSR count). The number of hydrogen-bond acceptors (Lipinski definition) is 30. The van der Waals surface area contributed by atoms with Gasteiger partial charge < -0.3 is 80.8 Å². The second-order valence-electron chi connectivity index (χ2n) is 26.1. The molecule has 0 saturated carbocycles. The molecule has 6 unspecified atom stereocenters. The van der Waals surface area contributed by atoms with Crippen molar-refractivity contribution in [2.24, 2.45) is 0 Å². The summed E-state index contributed by atoms with van der Waals surface area (Å²) in [5.74, 6) is -1.54. The van der Waals surface area contributed by atoms with Gasteiger partial charge in [-0.15, -0.1) is 0 Å². The van der Waals surface area contributed by atoms with E-state index in [1.165, 1.54) is 75.1 Å². The van der Waals surface area contributed by atoms with Crippen molar-refractivity contribution in [3.05, 3.63) is 118 Å². The molecule has 0 radical (unpaired) electrons. The average molecular weight is 1710 g/mol. The molecule has 4 aliphatic heterocycles. The van der Waals surface area contributed by atoms with Crippen LogP contribution < -0.4 is 38.0 Å². The second kappa shape index (κ2) is 35.8. The van der Waals surface area contributed by atoms with Crippen molar-refractivity contribution in [3.8, 4) is 0 Å². The number of aromatic nitrogens is 6. The van der Waals surface area contributed by atoms with Gasteiger partial charge in [-0.25, -0.2) is 32.8 Å². The van der Waals surface area contributed by atoms with Gasteiger partial charge in [-0.1, -0.05) is 65.8 Å². The molecule has 0 bridgehead atoms. The lowest BCUT2D eigenvalue weighted by Gasteiger charge is -2.25. The molecule has 111 heavy (non-hydrogen) atoms. The van der Waals surface area contributed by atoms with Gasteiger partial charge in [0.1, 0.15) is 43.1 Å². The number of phosphoric ester groups is 2. The molecule has 17 N–H and O–H groups in total. The predicted molar refractivity (Wildman–Crippen MR) is 399 cm³/mol. The summed E-state index contributed by atoms with van der Waals surface area (Å²) in [6.45, 7) is 9.42. The molecule has 5 aromatic rings. The first-order valence-electron chi connectivity index (χ1n) is 33.5. The van der Waals surface area contributed by atoms with E-state index in [2.05, 4.69) is 58.5 Å². The van der Waals surface area contributed by atoms with Gasteiger partial charge in [0, 0.05) is 96.5 Å². The summed E-state index contributed by atoms with van der Waals surface area (Å²) in [6.07, 6.45) is 6.12. The van der Waals surface area contributed by atoms with E-state index in [-0.39, 0.29) is 88.7 Å². The van der Waals surface area contributed by atoms with Crippen molar-refractivity contribution in [1.29, 1.82) is 0 Å². The van der Waals surface area contributed by atoms with Gasteiger partial charge >= 0.3 is 43.1 Å². The SMILES string of the molecule is CCN1/C(=C/C=C/C=C/C2=[N+](CCCCCC(=O)NC(CSSCCCOC(=O)Nc3nc(N)nc4c3ncn4[C@@H]3C[C@H](O)[C@@H](COP(=O)(O)OP(=O)(O)OP(=O)(O)O)O3)C(=O)NC/C=C\c3cn(C4CC(O)C(OP(=O)(O)O)O4)c(=O)nc3N)c3ccc(S(=O)(=O)O)cc3C2(C)C)C(C)(C)c2cc(S(=O)(=O)O)ccc21. The number of nitrogens with one attached hydrogen (secondary N) is 3. The van der Waals surface area contributed by atoms with Crippen molar-refractivity contribution in [1.82, 2.24) is 39.7 Å². The highest BCUT2D eigenvalue weighted by Gasteiger charge is 2.47. The number of hydrogen-bond donors (Lipinski definition) is 15. The number of likely N-dealkylation sites (N-methyl/N-ethyl adjacent to an activating group) is 1. The quantitative estimate of drug-likeness (QED) is 0.00637. The Morgan fingerprint density at radius 3 is 2.17 bits per heavy atom. The smallest absolute Gasteiger partial charge is 0.449 e. The lowest BCUT2D eigenvalue weighted by molar-refractivity contribution is -0.438. The number of carbonyl (C=O) groups is 3. The lowest BCUT2D eigenvalue weighted by atomic mass is 9.81. The minimum Gasteiger partial charge on any atom is -0.449 e. The van der Waals surface area contributed by atoms with E-state index >= 15 is 0 Å². The van der Waals surface area contributed by atoms with Gasteiger partial charge in [-0.3, -0.25) is 42.2 Å². The molecule has 0 aliphatic carbocycles. The van der Waals surface area contributed by atoms with E-state index in [1.54, 1.807) is 12.1 Å². The minimum absolute atomic E-state index is 0.0153. The molecular formula is C61H82N13O29P4S4+. The predicted octanol–water partition coefficient (Wildman–Crippen LogP) is 4.83. The summed E-state index contributed by atoms with van der Waals surface area (Å²) in [5, 5.41) is 29.0. The molecule has 608 valence electrons. The zero-order valence-corrected chi connectivity index (χ0v) is 66.3. The van der Waals surface area contributed by atoms with E-state index in [9.17, 15) is 93.2 Å². The Bertz CT molecular complexity index is 5030. The lowest BCUT2D eigenvalue weighted by Crippen LogP contribution is -2.48. The minimum atomic E-state index is -5.83. The first-order chi connectivity index (χ1) is 51.8. The van der Waals surface area contributed by atoms with Gasteiger partial charge in [0.2, 0.25) is 23.5 Å². The number of amides is 3. The van der Waals surface area contributed by atoms with E-state index in [0.717, 1.165) is 27.2 Å². The summed E-state index contributed by atoms with van der Waals surface area (Å²) in [6, 6.07) is 7.75. The maximum absolute atomic E-state index is 14.0. The number of imidazole rings is 1. The number of benzene rings is 2. The van der Waals surface area contributed by atoms with Crippen LogP contribution in [0.3, 0.4) is 0 Å². The van der Waals surface area contributed by atoms with Crippen LogP contribution in [-0.2, 0) is 90.8 Å². The fourth-order valence-electron chi connectivity index (χ4n) is 12.4. The normalized spacial score (nSPS) is 21.7. The highest BCUT2D eigenvalue weighted by Crippen LogP contribution is 2.66. The summed E-state index contributed by atoms with van der Waals surface area (Å²) >= 11 is 0.